The first-order valence-electron chi connectivity index (χ1n) is 8.00. The first-order valence-corrected chi connectivity index (χ1v) is 8.00. The van der Waals surface area contributed by atoms with Gasteiger partial charge in [-0.25, -0.2) is 8.78 Å². The zero-order valence-electron chi connectivity index (χ0n) is 13.3. The highest BCUT2D eigenvalue weighted by Crippen LogP contribution is 2.34. The molecule has 1 aliphatic heterocycles. The van der Waals surface area contributed by atoms with Crippen molar-refractivity contribution in [3.8, 4) is 11.3 Å². The predicted octanol–water partition coefficient (Wildman–Crippen LogP) is 3.96. The van der Waals surface area contributed by atoms with Crippen LogP contribution >= 0.6 is 0 Å². The molecule has 4 rings (SSSR count). The zero-order chi connectivity index (χ0) is 17.2. The minimum atomic E-state index is -0.392. The molecule has 0 radical (unpaired) electrons. The molecule has 0 amide bonds. The Morgan fingerprint density at radius 3 is 2.64 bits per heavy atom. The number of rotatable bonds is 2. The summed E-state index contributed by atoms with van der Waals surface area (Å²) in [6, 6.07) is 13.3. The second-order valence-corrected chi connectivity index (χ2v) is 5.83. The second kappa shape index (κ2) is 6.53. The van der Waals surface area contributed by atoms with Crippen molar-refractivity contribution in [1.29, 1.82) is 0 Å². The second-order valence-electron chi connectivity index (χ2n) is 5.83. The molecule has 3 nitrogen and oxygen atoms in total. The van der Waals surface area contributed by atoms with Crippen molar-refractivity contribution < 1.29 is 8.78 Å². The van der Waals surface area contributed by atoms with Gasteiger partial charge in [0, 0.05) is 36.0 Å². The Bertz CT molecular complexity index is 952. The van der Waals surface area contributed by atoms with E-state index in [2.05, 4.69) is 15.5 Å². The zero-order valence-corrected chi connectivity index (χ0v) is 13.3. The molecule has 5 heteroatoms. The summed E-state index contributed by atoms with van der Waals surface area (Å²) in [5.41, 5.74) is 3.43. The minimum Gasteiger partial charge on any atom is -0.309 e. The maximum Gasteiger partial charge on any atom is 0.132 e. The van der Waals surface area contributed by atoms with Gasteiger partial charge in [0.1, 0.15) is 11.6 Å². The molecule has 0 unspecified atom stereocenters. The van der Waals surface area contributed by atoms with E-state index in [1.165, 1.54) is 12.1 Å². The van der Waals surface area contributed by atoms with Crippen LogP contribution in [0.2, 0.25) is 0 Å². The number of benzene rings is 2. The fraction of sp³-hybridized carbons (Fsp3) is 0.100. The number of fused-ring (bicyclic) bond motifs is 1. The Hall–Kier alpha value is -2.92. The number of hydrogen-bond acceptors (Lipinski definition) is 3. The number of halogens is 2. The van der Waals surface area contributed by atoms with E-state index in [0.717, 1.165) is 5.56 Å². The van der Waals surface area contributed by atoms with Gasteiger partial charge < -0.3 is 5.32 Å². The smallest absolute Gasteiger partial charge is 0.132 e. The standard InChI is InChI=1S/C20H15F2N3/c21-17-5-2-1-4-15(17)16-7-9-23-12-14-10-13(11-18(22)20(14)16)19-6-3-8-24-25-19/h1-8,10-11,23H,9,12H2. The number of nitrogens with zero attached hydrogens (tertiary/aromatic N) is 2. The summed E-state index contributed by atoms with van der Waals surface area (Å²) in [7, 11) is 0. The lowest BCUT2D eigenvalue weighted by Gasteiger charge is -2.14. The van der Waals surface area contributed by atoms with E-state index in [1.54, 1.807) is 36.5 Å². The molecule has 124 valence electrons. The van der Waals surface area contributed by atoms with Crippen LogP contribution in [-0.2, 0) is 6.54 Å². The molecule has 1 aliphatic rings. The number of hydrogen-bond donors (Lipinski definition) is 1. The summed E-state index contributed by atoms with van der Waals surface area (Å²) in [5, 5.41) is 11.1. The Morgan fingerprint density at radius 1 is 0.960 bits per heavy atom. The Kier molecular flexibility index (Phi) is 4.07. The fourth-order valence-electron chi connectivity index (χ4n) is 3.12. The van der Waals surface area contributed by atoms with E-state index >= 15 is 4.39 Å². The van der Waals surface area contributed by atoms with Crippen LogP contribution in [0.1, 0.15) is 16.7 Å². The third kappa shape index (κ3) is 2.94. The number of nitrogens with one attached hydrogen (secondary N) is 1. The van der Waals surface area contributed by atoms with Crippen LogP contribution in [0.25, 0.3) is 16.8 Å². The van der Waals surface area contributed by atoms with Gasteiger partial charge in [-0.1, -0.05) is 24.3 Å². The van der Waals surface area contributed by atoms with Crippen LogP contribution in [0.4, 0.5) is 8.78 Å². The highest BCUT2D eigenvalue weighted by Gasteiger charge is 2.21. The molecule has 2 aromatic carbocycles. The van der Waals surface area contributed by atoms with Crippen LogP contribution in [-0.4, -0.2) is 16.7 Å². The molecule has 0 saturated heterocycles. The summed E-state index contributed by atoms with van der Waals surface area (Å²) >= 11 is 0. The van der Waals surface area contributed by atoms with Crippen molar-refractivity contribution in [3.63, 3.8) is 0 Å². The predicted molar refractivity (Wildman–Crippen MR) is 92.6 cm³/mol. The van der Waals surface area contributed by atoms with Gasteiger partial charge in [-0.2, -0.15) is 10.2 Å². The van der Waals surface area contributed by atoms with Gasteiger partial charge in [0.15, 0.2) is 0 Å². The summed E-state index contributed by atoms with van der Waals surface area (Å²) in [6.45, 7) is 1.03. The molecule has 0 atom stereocenters. The molecule has 2 heterocycles. The van der Waals surface area contributed by atoms with E-state index in [9.17, 15) is 4.39 Å². The summed E-state index contributed by atoms with van der Waals surface area (Å²) < 4.78 is 29.3. The lowest BCUT2D eigenvalue weighted by atomic mass is 9.91. The average molecular weight is 335 g/mol. The van der Waals surface area contributed by atoms with Crippen molar-refractivity contribution in [1.82, 2.24) is 15.5 Å². The summed E-state index contributed by atoms with van der Waals surface area (Å²) in [4.78, 5) is 0. The van der Waals surface area contributed by atoms with Gasteiger partial charge in [-0.05, 0) is 41.5 Å². The largest absolute Gasteiger partial charge is 0.309 e. The quantitative estimate of drug-likeness (QED) is 0.770. The highest BCUT2D eigenvalue weighted by atomic mass is 19.1. The Balaban J connectivity index is 1.89. The van der Waals surface area contributed by atoms with Crippen molar-refractivity contribution in [2.45, 2.75) is 6.54 Å². The highest BCUT2D eigenvalue weighted by molar-refractivity contribution is 5.83. The average Bonchev–Trinajstić information content (AvgIpc) is 2.86. The van der Waals surface area contributed by atoms with Crippen molar-refractivity contribution in [2.24, 2.45) is 0 Å². The molecule has 25 heavy (non-hydrogen) atoms. The van der Waals surface area contributed by atoms with E-state index in [0.29, 0.717) is 41.0 Å². The van der Waals surface area contributed by atoms with E-state index in [1.807, 2.05) is 12.1 Å². The molecule has 1 aromatic heterocycles. The summed E-state index contributed by atoms with van der Waals surface area (Å²) in [6.07, 6.45) is 3.40. The van der Waals surface area contributed by atoms with Crippen LogP contribution in [0.5, 0.6) is 0 Å². The molecule has 0 fully saturated rings. The summed E-state index contributed by atoms with van der Waals surface area (Å²) in [5.74, 6) is -0.754. The van der Waals surface area contributed by atoms with E-state index in [4.69, 9.17) is 0 Å². The lowest BCUT2D eigenvalue weighted by Crippen LogP contribution is -2.12. The van der Waals surface area contributed by atoms with Gasteiger partial charge >= 0.3 is 0 Å². The Morgan fingerprint density at radius 2 is 1.84 bits per heavy atom. The van der Waals surface area contributed by atoms with Crippen LogP contribution < -0.4 is 5.32 Å². The third-order valence-corrected chi connectivity index (χ3v) is 4.24. The van der Waals surface area contributed by atoms with Crippen LogP contribution in [0.15, 0.2) is 60.8 Å². The molecule has 0 spiro atoms. The lowest BCUT2D eigenvalue weighted by molar-refractivity contribution is 0.616. The van der Waals surface area contributed by atoms with Gasteiger partial charge in [0.2, 0.25) is 0 Å². The molecule has 3 aromatic rings. The van der Waals surface area contributed by atoms with E-state index in [-0.39, 0.29) is 5.82 Å². The van der Waals surface area contributed by atoms with E-state index < -0.39 is 5.82 Å². The molecule has 0 bridgehead atoms. The van der Waals surface area contributed by atoms with Crippen molar-refractivity contribution in [3.05, 3.63) is 89.1 Å². The molecular formula is C20H15F2N3. The van der Waals surface area contributed by atoms with Gasteiger partial charge in [-0.15, -0.1) is 0 Å². The molecule has 0 aliphatic carbocycles. The molecule has 0 saturated carbocycles. The van der Waals surface area contributed by atoms with Crippen molar-refractivity contribution >= 4 is 5.57 Å². The molecule has 1 N–H and O–H groups in total. The third-order valence-electron chi connectivity index (χ3n) is 4.24. The number of aromatic nitrogens is 2. The van der Waals surface area contributed by atoms with Crippen LogP contribution in [0.3, 0.4) is 0 Å². The fourth-order valence-corrected chi connectivity index (χ4v) is 3.12. The van der Waals surface area contributed by atoms with Crippen molar-refractivity contribution in [2.75, 3.05) is 6.54 Å². The SMILES string of the molecule is Fc1ccccc1C1=CCNCc2cc(-c3cccnn3)cc(F)c21. The normalized spacial score (nSPS) is 13.8. The van der Waals surface area contributed by atoms with Gasteiger partial charge in [-0.3, -0.25) is 0 Å². The maximum atomic E-state index is 15.0. The molecular weight excluding hydrogens is 320 g/mol. The topological polar surface area (TPSA) is 37.8 Å². The van der Waals surface area contributed by atoms with Gasteiger partial charge in [0.05, 0.1) is 5.69 Å². The Labute approximate surface area is 144 Å². The monoisotopic (exact) mass is 335 g/mol. The minimum absolute atomic E-state index is 0.362. The first kappa shape index (κ1) is 15.6. The van der Waals surface area contributed by atoms with Crippen LogP contribution in [0, 0.1) is 11.6 Å². The maximum absolute atomic E-state index is 15.0. The van der Waals surface area contributed by atoms with Gasteiger partial charge in [0.25, 0.3) is 0 Å². The first-order chi connectivity index (χ1) is 12.2.